The third-order valence-electron chi connectivity index (χ3n) is 3.67. The van der Waals surface area contributed by atoms with Crippen LogP contribution in [-0.2, 0) is 0 Å². The molecule has 25 heavy (non-hydrogen) atoms. The number of halogens is 1. The monoisotopic (exact) mass is 355 g/mol. The molecule has 0 atom stereocenters. The molecule has 0 radical (unpaired) electrons. The Labute approximate surface area is 148 Å². The van der Waals surface area contributed by atoms with Crippen molar-refractivity contribution in [3.05, 3.63) is 76.5 Å². The number of amides is 1. The van der Waals surface area contributed by atoms with Crippen LogP contribution in [0.15, 0.2) is 59.0 Å². The fourth-order valence-electron chi connectivity index (χ4n) is 2.33. The summed E-state index contributed by atoms with van der Waals surface area (Å²) in [5.41, 5.74) is 2.03. The molecule has 0 aliphatic rings. The molecule has 1 heterocycles. The van der Waals surface area contributed by atoms with Gasteiger partial charge in [0.05, 0.1) is 5.56 Å². The van der Waals surface area contributed by atoms with Crippen LogP contribution in [-0.4, -0.2) is 17.0 Å². The van der Waals surface area contributed by atoms with Crippen molar-refractivity contribution >= 4 is 29.2 Å². The first-order chi connectivity index (χ1) is 11.9. The fourth-order valence-corrected chi connectivity index (χ4v) is 2.52. The number of hydrogen-bond donors (Lipinski definition) is 2. The van der Waals surface area contributed by atoms with Crippen molar-refractivity contribution in [3.8, 4) is 11.3 Å². The maximum Gasteiger partial charge on any atom is 0.335 e. The van der Waals surface area contributed by atoms with Crippen LogP contribution in [0.5, 0.6) is 0 Å². The summed E-state index contributed by atoms with van der Waals surface area (Å²) in [7, 11) is 0. The topological polar surface area (TPSA) is 79.5 Å². The number of carboxylic acid groups (broad SMARTS) is 1. The number of aromatic carboxylic acids is 1. The standard InChI is InChI=1S/C19H14ClNO4/c1-11-5-6-13(19(23)24)10-15(11)21-18(22)17-8-7-16(25-17)12-3-2-4-14(20)9-12/h2-10H,1H3,(H,21,22)(H,23,24). The molecule has 126 valence electrons. The average molecular weight is 356 g/mol. The maximum absolute atomic E-state index is 12.4. The van der Waals surface area contributed by atoms with Crippen LogP contribution >= 0.6 is 11.6 Å². The van der Waals surface area contributed by atoms with E-state index in [1.54, 1.807) is 43.3 Å². The van der Waals surface area contributed by atoms with Gasteiger partial charge in [0.1, 0.15) is 5.76 Å². The van der Waals surface area contributed by atoms with E-state index in [-0.39, 0.29) is 11.3 Å². The van der Waals surface area contributed by atoms with Crippen LogP contribution in [0.3, 0.4) is 0 Å². The van der Waals surface area contributed by atoms with Crippen LogP contribution in [0.25, 0.3) is 11.3 Å². The second-order valence-corrected chi connectivity index (χ2v) is 5.90. The average Bonchev–Trinajstić information content (AvgIpc) is 3.07. The van der Waals surface area contributed by atoms with Crippen molar-refractivity contribution in [2.45, 2.75) is 6.92 Å². The third-order valence-corrected chi connectivity index (χ3v) is 3.91. The summed E-state index contributed by atoms with van der Waals surface area (Å²) >= 11 is 5.96. The molecule has 0 saturated heterocycles. The second kappa shape index (κ2) is 6.83. The molecule has 0 aliphatic heterocycles. The van der Waals surface area contributed by atoms with Crippen molar-refractivity contribution in [2.75, 3.05) is 5.32 Å². The van der Waals surface area contributed by atoms with E-state index >= 15 is 0 Å². The molecule has 0 fully saturated rings. The van der Waals surface area contributed by atoms with Gasteiger partial charge in [-0.25, -0.2) is 4.79 Å². The summed E-state index contributed by atoms with van der Waals surface area (Å²) in [5.74, 6) is -0.880. The second-order valence-electron chi connectivity index (χ2n) is 5.46. The Balaban J connectivity index is 1.83. The number of carbonyl (C=O) groups excluding carboxylic acids is 1. The molecule has 2 aromatic carbocycles. The number of benzene rings is 2. The number of hydrogen-bond acceptors (Lipinski definition) is 3. The van der Waals surface area contributed by atoms with E-state index in [9.17, 15) is 9.59 Å². The summed E-state index contributed by atoms with van der Waals surface area (Å²) < 4.78 is 5.59. The van der Waals surface area contributed by atoms with Crippen LogP contribution < -0.4 is 5.32 Å². The zero-order valence-corrected chi connectivity index (χ0v) is 14.0. The normalized spacial score (nSPS) is 10.5. The van der Waals surface area contributed by atoms with E-state index in [4.69, 9.17) is 21.1 Å². The van der Waals surface area contributed by atoms with Gasteiger partial charge in [0.15, 0.2) is 5.76 Å². The Hall–Kier alpha value is -3.05. The Morgan fingerprint density at radius 3 is 2.60 bits per heavy atom. The van der Waals surface area contributed by atoms with Crippen molar-refractivity contribution in [3.63, 3.8) is 0 Å². The Bertz CT molecular complexity index is 962. The minimum atomic E-state index is -1.06. The van der Waals surface area contributed by atoms with Gasteiger partial charge in [0.2, 0.25) is 0 Å². The highest BCUT2D eigenvalue weighted by Crippen LogP contribution is 2.25. The van der Waals surface area contributed by atoms with Crippen LogP contribution in [0.1, 0.15) is 26.5 Å². The Morgan fingerprint density at radius 2 is 1.88 bits per heavy atom. The molecule has 3 aromatic rings. The third kappa shape index (κ3) is 3.72. The van der Waals surface area contributed by atoms with Crippen molar-refractivity contribution in [1.29, 1.82) is 0 Å². The molecular formula is C19H14ClNO4. The molecule has 0 spiro atoms. The summed E-state index contributed by atoms with van der Waals surface area (Å²) in [6.07, 6.45) is 0. The van der Waals surface area contributed by atoms with Crippen molar-refractivity contribution in [2.24, 2.45) is 0 Å². The number of carboxylic acids is 1. The van der Waals surface area contributed by atoms with E-state index in [1.165, 1.54) is 12.1 Å². The van der Waals surface area contributed by atoms with E-state index in [0.29, 0.717) is 16.5 Å². The number of furan rings is 1. The molecule has 2 N–H and O–H groups in total. The quantitative estimate of drug-likeness (QED) is 0.700. The summed E-state index contributed by atoms with van der Waals surface area (Å²) in [5, 5.41) is 12.3. The fraction of sp³-hybridized carbons (Fsp3) is 0.0526. The molecule has 0 unspecified atom stereocenters. The lowest BCUT2D eigenvalue weighted by Crippen LogP contribution is -2.12. The smallest absolute Gasteiger partial charge is 0.335 e. The van der Waals surface area contributed by atoms with Crippen molar-refractivity contribution < 1.29 is 19.1 Å². The van der Waals surface area contributed by atoms with Crippen LogP contribution in [0, 0.1) is 6.92 Å². The first-order valence-electron chi connectivity index (χ1n) is 7.45. The van der Waals surface area contributed by atoms with Gasteiger partial charge in [0, 0.05) is 16.3 Å². The zero-order valence-electron chi connectivity index (χ0n) is 13.2. The molecule has 6 heteroatoms. The summed E-state index contributed by atoms with van der Waals surface area (Å²) in [6, 6.07) is 14.9. The predicted octanol–water partition coefficient (Wildman–Crippen LogP) is 4.86. The van der Waals surface area contributed by atoms with E-state index in [1.807, 2.05) is 6.07 Å². The Morgan fingerprint density at radius 1 is 1.08 bits per heavy atom. The number of nitrogens with one attached hydrogen (secondary N) is 1. The van der Waals surface area contributed by atoms with Gasteiger partial charge in [-0.15, -0.1) is 0 Å². The lowest BCUT2D eigenvalue weighted by atomic mass is 10.1. The van der Waals surface area contributed by atoms with Crippen molar-refractivity contribution in [1.82, 2.24) is 0 Å². The molecule has 0 saturated carbocycles. The highest BCUT2D eigenvalue weighted by atomic mass is 35.5. The number of aryl methyl sites for hydroxylation is 1. The molecular weight excluding hydrogens is 342 g/mol. The highest BCUT2D eigenvalue weighted by molar-refractivity contribution is 6.30. The zero-order chi connectivity index (χ0) is 18.0. The first-order valence-corrected chi connectivity index (χ1v) is 7.83. The summed E-state index contributed by atoms with van der Waals surface area (Å²) in [4.78, 5) is 23.4. The van der Waals surface area contributed by atoms with Crippen LogP contribution in [0.2, 0.25) is 5.02 Å². The van der Waals surface area contributed by atoms with E-state index in [0.717, 1.165) is 11.1 Å². The summed E-state index contributed by atoms with van der Waals surface area (Å²) in [6.45, 7) is 1.78. The minimum Gasteiger partial charge on any atom is -0.478 e. The van der Waals surface area contributed by atoms with E-state index < -0.39 is 11.9 Å². The number of carbonyl (C=O) groups is 2. The molecule has 1 amide bonds. The molecule has 0 aliphatic carbocycles. The number of rotatable bonds is 4. The Kier molecular flexibility index (Phi) is 4.59. The maximum atomic E-state index is 12.4. The molecule has 3 rings (SSSR count). The highest BCUT2D eigenvalue weighted by Gasteiger charge is 2.15. The number of anilines is 1. The molecule has 0 bridgehead atoms. The minimum absolute atomic E-state index is 0.0972. The first kappa shape index (κ1) is 16.8. The van der Waals surface area contributed by atoms with Gasteiger partial charge in [-0.05, 0) is 48.9 Å². The van der Waals surface area contributed by atoms with Gasteiger partial charge in [-0.2, -0.15) is 0 Å². The van der Waals surface area contributed by atoms with Gasteiger partial charge < -0.3 is 14.8 Å². The van der Waals surface area contributed by atoms with Crippen LogP contribution in [0.4, 0.5) is 5.69 Å². The van der Waals surface area contributed by atoms with Gasteiger partial charge in [-0.3, -0.25) is 4.79 Å². The van der Waals surface area contributed by atoms with E-state index in [2.05, 4.69) is 5.32 Å². The van der Waals surface area contributed by atoms with Gasteiger partial charge >= 0.3 is 5.97 Å². The molecule has 1 aromatic heterocycles. The largest absolute Gasteiger partial charge is 0.478 e. The van der Waals surface area contributed by atoms with Gasteiger partial charge in [-0.1, -0.05) is 29.8 Å². The molecule has 5 nitrogen and oxygen atoms in total. The lowest BCUT2D eigenvalue weighted by Gasteiger charge is -2.08. The predicted molar refractivity (Wildman–Crippen MR) is 95.2 cm³/mol. The lowest BCUT2D eigenvalue weighted by molar-refractivity contribution is 0.0696. The SMILES string of the molecule is Cc1ccc(C(=O)O)cc1NC(=O)c1ccc(-c2cccc(Cl)c2)o1. The van der Waals surface area contributed by atoms with Gasteiger partial charge in [0.25, 0.3) is 5.91 Å².